The van der Waals surface area contributed by atoms with E-state index in [2.05, 4.69) is 20.4 Å². The Labute approximate surface area is 188 Å². The van der Waals surface area contributed by atoms with Crippen molar-refractivity contribution in [3.05, 3.63) is 94.1 Å². The molecule has 164 valence electrons. The number of anilines is 1. The molecule has 0 saturated heterocycles. The minimum Gasteiger partial charge on any atom is -0.463 e. The van der Waals surface area contributed by atoms with Crippen LogP contribution in [0.25, 0.3) is 28.2 Å². The maximum absolute atomic E-state index is 13.1. The van der Waals surface area contributed by atoms with Gasteiger partial charge in [0.05, 0.1) is 6.26 Å². The number of hydrogen-bond acceptors (Lipinski definition) is 5. The van der Waals surface area contributed by atoms with E-state index in [-0.39, 0.29) is 17.4 Å². The highest BCUT2D eigenvalue weighted by Crippen LogP contribution is 2.25. The van der Waals surface area contributed by atoms with Crippen molar-refractivity contribution in [2.75, 3.05) is 5.32 Å². The van der Waals surface area contributed by atoms with E-state index >= 15 is 0 Å². The Morgan fingerprint density at radius 1 is 1.09 bits per heavy atom. The van der Waals surface area contributed by atoms with Crippen LogP contribution >= 0.6 is 0 Å². The second kappa shape index (κ2) is 8.23. The minimum atomic E-state index is -0.308. The van der Waals surface area contributed by atoms with Crippen molar-refractivity contribution in [3.8, 4) is 17.4 Å². The van der Waals surface area contributed by atoms with Gasteiger partial charge < -0.3 is 9.73 Å². The molecule has 8 nitrogen and oxygen atoms in total. The van der Waals surface area contributed by atoms with E-state index < -0.39 is 0 Å². The van der Waals surface area contributed by atoms with Crippen LogP contribution in [0.5, 0.6) is 0 Å². The van der Waals surface area contributed by atoms with Crippen LogP contribution < -0.4 is 10.9 Å². The Morgan fingerprint density at radius 2 is 1.91 bits per heavy atom. The van der Waals surface area contributed by atoms with Gasteiger partial charge in [0.25, 0.3) is 11.5 Å². The van der Waals surface area contributed by atoms with Gasteiger partial charge in [0, 0.05) is 22.9 Å². The molecule has 0 aliphatic carbocycles. The van der Waals surface area contributed by atoms with Gasteiger partial charge in [-0.1, -0.05) is 37.3 Å². The van der Waals surface area contributed by atoms with E-state index in [1.54, 1.807) is 37.5 Å². The molecule has 3 heterocycles. The molecular formula is C25H21N5O3. The first-order chi connectivity index (χ1) is 16.0. The fourth-order valence-corrected chi connectivity index (χ4v) is 3.81. The van der Waals surface area contributed by atoms with E-state index in [1.807, 2.05) is 43.3 Å². The van der Waals surface area contributed by atoms with Crippen LogP contribution in [0.2, 0.25) is 0 Å². The molecular weight excluding hydrogens is 418 g/mol. The molecule has 0 radical (unpaired) electrons. The minimum absolute atomic E-state index is 0.210. The summed E-state index contributed by atoms with van der Waals surface area (Å²) < 4.78 is 6.87. The van der Waals surface area contributed by atoms with Gasteiger partial charge >= 0.3 is 0 Å². The fraction of sp³-hybridized carbons (Fsp3) is 0.120. The van der Waals surface area contributed by atoms with Crippen LogP contribution in [0, 0.1) is 6.92 Å². The molecule has 0 unspecified atom stereocenters. The zero-order chi connectivity index (χ0) is 22.9. The van der Waals surface area contributed by atoms with Gasteiger partial charge in [-0.2, -0.15) is 9.78 Å². The fourth-order valence-electron chi connectivity index (χ4n) is 3.81. The summed E-state index contributed by atoms with van der Waals surface area (Å²) in [5.41, 5.74) is 1.98. The number of nitrogens with one attached hydrogen (secondary N) is 2. The predicted molar refractivity (Wildman–Crippen MR) is 126 cm³/mol. The van der Waals surface area contributed by atoms with Crippen LogP contribution in [-0.4, -0.2) is 25.7 Å². The first kappa shape index (κ1) is 20.4. The highest BCUT2D eigenvalue weighted by molar-refractivity contribution is 6.06. The maximum Gasteiger partial charge on any atom is 0.256 e. The summed E-state index contributed by atoms with van der Waals surface area (Å²) >= 11 is 0. The number of hydrogen-bond donors (Lipinski definition) is 2. The lowest BCUT2D eigenvalue weighted by Crippen LogP contribution is -2.22. The monoisotopic (exact) mass is 439 g/mol. The van der Waals surface area contributed by atoms with E-state index in [9.17, 15) is 9.59 Å². The number of carbonyl (C=O) groups is 1. The SMILES string of the molecule is CCc1c(C)nc(-n2nc(-c3ccco3)cc2NC(=O)c2ccc3ccccc3c2)[nH]c1=O. The van der Waals surface area contributed by atoms with Gasteiger partial charge in [-0.3, -0.25) is 14.6 Å². The van der Waals surface area contributed by atoms with Crippen molar-refractivity contribution in [1.82, 2.24) is 19.7 Å². The number of nitrogens with zero attached hydrogens (tertiary/aromatic N) is 3. The lowest BCUT2D eigenvalue weighted by molar-refractivity contribution is 0.102. The molecule has 0 spiro atoms. The molecule has 2 N–H and O–H groups in total. The average Bonchev–Trinajstić information content (AvgIpc) is 3.49. The molecule has 0 saturated carbocycles. The molecule has 1 amide bonds. The van der Waals surface area contributed by atoms with Crippen molar-refractivity contribution in [1.29, 1.82) is 0 Å². The van der Waals surface area contributed by atoms with Crippen molar-refractivity contribution in [2.24, 2.45) is 0 Å². The number of fused-ring (bicyclic) bond motifs is 1. The Morgan fingerprint density at radius 3 is 2.64 bits per heavy atom. The number of carbonyl (C=O) groups excluding carboxylic acids is 1. The number of benzene rings is 2. The number of H-pyrrole nitrogens is 1. The number of furan rings is 1. The van der Waals surface area contributed by atoms with E-state index in [1.165, 1.54) is 4.68 Å². The molecule has 0 fully saturated rings. The third-order valence-electron chi connectivity index (χ3n) is 5.50. The Hall–Kier alpha value is -4.46. The first-order valence-electron chi connectivity index (χ1n) is 10.6. The molecule has 2 aromatic carbocycles. The van der Waals surface area contributed by atoms with Gasteiger partial charge in [0.2, 0.25) is 5.95 Å². The van der Waals surface area contributed by atoms with Gasteiger partial charge in [-0.25, -0.2) is 4.98 Å². The summed E-state index contributed by atoms with van der Waals surface area (Å²) in [5, 5.41) is 9.44. The molecule has 5 rings (SSSR count). The maximum atomic E-state index is 13.1. The zero-order valence-electron chi connectivity index (χ0n) is 18.1. The molecule has 0 aliphatic rings. The number of aromatic amines is 1. The van der Waals surface area contributed by atoms with Crippen molar-refractivity contribution >= 4 is 22.5 Å². The number of rotatable bonds is 5. The van der Waals surface area contributed by atoms with Crippen LogP contribution in [0.1, 0.15) is 28.5 Å². The molecule has 0 aliphatic heterocycles. The summed E-state index contributed by atoms with van der Waals surface area (Å²) in [4.78, 5) is 32.9. The van der Waals surface area contributed by atoms with Crippen molar-refractivity contribution in [3.63, 3.8) is 0 Å². The summed E-state index contributed by atoms with van der Waals surface area (Å²) in [7, 11) is 0. The lowest BCUT2D eigenvalue weighted by atomic mass is 10.1. The smallest absolute Gasteiger partial charge is 0.256 e. The van der Waals surface area contributed by atoms with E-state index in [0.717, 1.165) is 10.8 Å². The van der Waals surface area contributed by atoms with Crippen LogP contribution in [-0.2, 0) is 6.42 Å². The highest BCUT2D eigenvalue weighted by atomic mass is 16.3. The summed E-state index contributed by atoms with van der Waals surface area (Å²) in [6, 6.07) is 18.5. The van der Waals surface area contributed by atoms with E-state index in [4.69, 9.17) is 4.42 Å². The largest absolute Gasteiger partial charge is 0.463 e. The van der Waals surface area contributed by atoms with Gasteiger partial charge in [-0.15, -0.1) is 0 Å². The third-order valence-corrected chi connectivity index (χ3v) is 5.50. The molecule has 33 heavy (non-hydrogen) atoms. The van der Waals surface area contributed by atoms with Crippen LogP contribution in [0.3, 0.4) is 0 Å². The number of aryl methyl sites for hydroxylation is 1. The first-order valence-corrected chi connectivity index (χ1v) is 10.6. The summed E-state index contributed by atoms with van der Waals surface area (Å²) in [6.07, 6.45) is 2.11. The quantitative estimate of drug-likeness (QED) is 0.420. The Kier molecular flexibility index (Phi) is 5.10. The summed E-state index contributed by atoms with van der Waals surface area (Å²) in [6.45, 7) is 3.68. The van der Waals surface area contributed by atoms with Gasteiger partial charge in [0.15, 0.2) is 5.76 Å². The third kappa shape index (κ3) is 3.82. The molecule has 0 bridgehead atoms. The highest BCUT2D eigenvalue weighted by Gasteiger charge is 2.19. The molecule has 3 aromatic heterocycles. The second-order valence-corrected chi connectivity index (χ2v) is 7.63. The number of aromatic nitrogens is 4. The second-order valence-electron chi connectivity index (χ2n) is 7.63. The predicted octanol–water partition coefficient (Wildman–Crippen LogP) is 4.49. The Balaban J connectivity index is 1.57. The van der Waals surface area contributed by atoms with E-state index in [0.29, 0.717) is 40.5 Å². The number of amides is 1. The normalized spacial score (nSPS) is 11.1. The molecule has 0 atom stereocenters. The average molecular weight is 439 g/mol. The van der Waals surface area contributed by atoms with Crippen molar-refractivity contribution < 1.29 is 9.21 Å². The van der Waals surface area contributed by atoms with Crippen LogP contribution in [0.15, 0.2) is 76.1 Å². The molecule has 8 heteroatoms. The van der Waals surface area contributed by atoms with Crippen LogP contribution in [0.4, 0.5) is 5.82 Å². The Bertz CT molecular complexity index is 1530. The standard InChI is InChI=1S/C25H21N5O3/c1-3-19-15(2)26-25(28-24(19)32)30-22(14-20(29-30)21-9-6-12-33-21)27-23(31)18-11-10-16-7-4-5-8-17(16)13-18/h4-14H,3H2,1-2H3,(H,27,31)(H,26,28,32). The topological polar surface area (TPSA) is 106 Å². The lowest BCUT2D eigenvalue weighted by Gasteiger charge is -2.10. The van der Waals surface area contributed by atoms with Gasteiger partial charge in [-0.05, 0) is 48.4 Å². The van der Waals surface area contributed by atoms with Crippen molar-refractivity contribution in [2.45, 2.75) is 20.3 Å². The molecule has 5 aromatic rings. The summed E-state index contributed by atoms with van der Waals surface area (Å²) in [5.74, 6) is 0.782. The zero-order valence-corrected chi connectivity index (χ0v) is 18.1. The van der Waals surface area contributed by atoms with Gasteiger partial charge in [0.1, 0.15) is 11.5 Å².